The first-order valence-electron chi connectivity index (χ1n) is 2.25. The number of isocyanates is 2. The van der Waals surface area contributed by atoms with Crippen molar-refractivity contribution in [3.63, 3.8) is 0 Å². The Morgan fingerprint density at radius 3 is 0.688 bits per heavy atom. The normalized spacial score (nSPS) is 3.25. The van der Waals surface area contributed by atoms with Crippen LogP contribution in [0.2, 0.25) is 0 Å². The molecule has 2 N–H and O–H groups in total. The quantitative estimate of drug-likeness (QED) is 0.499. The van der Waals surface area contributed by atoms with E-state index in [9.17, 15) is 0 Å². The molecule has 0 aromatic carbocycles. The molecule has 0 aromatic heterocycles. The maximum absolute atomic E-state index is 8.35. The fourth-order valence-corrected chi connectivity index (χ4v) is 0. The highest BCUT2D eigenvalue weighted by Gasteiger charge is 1.58. The van der Waals surface area contributed by atoms with Gasteiger partial charge in [0.1, 0.15) is 0 Å². The standard InChI is InChI=1S/C3H9N.2CHNO.6CH4/c1-4(2)3;2*2-1-3;;;;;;/h1-3H3;2*2H;6*1H4. The summed E-state index contributed by atoms with van der Waals surface area (Å²) < 4.78 is 0. The van der Waals surface area contributed by atoms with Gasteiger partial charge in [0.05, 0.1) is 0 Å². The molecule has 0 unspecified atom stereocenters. The Bertz CT molecular complexity index is 99.6. The summed E-state index contributed by atoms with van der Waals surface area (Å²) in [4.78, 5) is 18.7. The molecular weight excluding hydrogens is 206 g/mol. The third-order valence-electron chi connectivity index (χ3n) is 0. The molecule has 0 aliphatic carbocycles. The zero-order chi connectivity index (χ0) is 8.99. The van der Waals surface area contributed by atoms with Crippen LogP contribution in [0.4, 0.5) is 0 Å². The topological polar surface area (TPSA) is 85.1 Å². The molecular formula is C11H35N3O2. The zero-order valence-corrected chi connectivity index (χ0v) is 6.26. The van der Waals surface area contributed by atoms with Gasteiger partial charge in [0, 0.05) is 0 Å². The van der Waals surface area contributed by atoms with Gasteiger partial charge in [-0.15, -0.1) is 0 Å². The van der Waals surface area contributed by atoms with Crippen LogP contribution < -0.4 is 0 Å². The summed E-state index contributed by atoms with van der Waals surface area (Å²) in [6.07, 6.45) is 1.50. The van der Waals surface area contributed by atoms with Crippen molar-refractivity contribution in [2.45, 2.75) is 44.6 Å². The molecule has 0 aromatic rings. The lowest BCUT2D eigenvalue weighted by atomic mass is 11.0. The van der Waals surface area contributed by atoms with E-state index in [1.807, 2.05) is 26.0 Å². The van der Waals surface area contributed by atoms with Crippen molar-refractivity contribution in [2.75, 3.05) is 21.1 Å². The zero-order valence-electron chi connectivity index (χ0n) is 6.26. The van der Waals surface area contributed by atoms with Gasteiger partial charge >= 0.3 is 0 Å². The molecule has 0 heterocycles. The Morgan fingerprint density at radius 2 is 0.688 bits per heavy atom. The molecule has 5 nitrogen and oxygen atoms in total. The predicted molar refractivity (Wildman–Crippen MR) is 76.8 cm³/mol. The van der Waals surface area contributed by atoms with E-state index in [1.165, 1.54) is 0 Å². The first-order chi connectivity index (χ1) is 4.56. The number of hydrogen-bond acceptors (Lipinski definition) is 5. The Morgan fingerprint density at radius 1 is 0.688 bits per heavy atom. The van der Waals surface area contributed by atoms with E-state index < -0.39 is 0 Å². The number of hydrogen-bond donors (Lipinski definition) is 2. The maximum Gasteiger partial charge on any atom is 0.231 e. The van der Waals surface area contributed by atoms with Crippen LogP contribution in [-0.2, 0) is 9.59 Å². The van der Waals surface area contributed by atoms with E-state index in [4.69, 9.17) is 20.4 Å². The molecule has 0 fully saturated rings. The van der Waals surface area contributed by atoms with Gasteiger partial charge in [-0.05, 0) is 21.1 Å². The Hall–Kier alpha value is -1.28. The summed E-state index contributed by atoms with van der Waals surface area (Å²) >= 11 is 0. The maximum atomic E-state index is 8.35. The lowest BCUT2D eigenvalue weighted by Crippen LogP contribution is -1.99. The van der Waals surface area contributed by atoms with Crippen molar-refractivity contribution < 1.29 is 9.59 Å². The summed E-state index contributed by atoms with van der Waals surface area (Å²) in [5, 5.41) is 10.8. The van der Waals surface area contributed by atoms with Gasteiger partial charge in [0.15, 0.2) is 0 Å². The first kappa shape index (κ1) is 84.7. The fraction of sp³-hybridized carbons (Fsp3) is 0.818. The molecule has 0 aliphatic rings. The van der Waals surface area contributed by atoms with Gasteiger partial charge in [-0.25, -0.2) is 20.4 Å². The van der Waals surface area contributed by atoms with Gasteiger partial charge in [0.2, 0.25) is 12.2 Å². The predicted octanol–water partition coefficient (Wildman–Crippen LogP) is 3.80. The van der Waals surface area contributed by atoms with Gasteiger partial charge in [0.25, 0.3) is 0 Å². The van der Waals surface area contributed by atoms with E-state index in [0.29, 0.717) is 0 Å². The third kappa shape index (κ3) is 1070. The molecule has 0 aliphatic heterocycles. The van der Waals surface area contributed by atoms with Gasteiger partial charge < -0.3 is 4.90 Å². The van der Waals surface area contributed by atoms with Crippen LogP contribution >= 0.6 is 0 Å². The van der Waals surface area contributed by atoms with E-state index >= 15 is 0 Å². The highest BCUT2D eigenvalue weighted by atomic mass is 16.1. The molecule has 0 saturated carbocycles. The van der Waals surface area contributed by atoms with Crippen molar-refractivity contribution in [1.29, 1.82) is 10.8 Å². The van der Waals surface area contributed by atoms with E-state index in [-0.39, 0.29) is 44.6 Å². The second kappa shape index (κ2) is 160. The number of rotatable bonds is 0. The average molecular weight is 241 g/mol. The minimum atomic E-state index is 0. The number of nitrogens with zero attached hydrogens (tertiary/aromatic N) is 1. The molecule has 0 saturated heterocycles. The van der Waals surface area contributed by atoms with Crippen LogP contribution in [0.15, 0.2) is 0 Å². The van der Waals surface area contributed by atoms with Crippen LogP contribution in [0.1, 0.15) is 44.6 Å². The summed E-state index contributed by atoms with van der Waals surface area (Å²) in [6, 6.07) is 0. The summed E-state index contributed by atoms with van der Waals surface area (Å²) in [5.41, 5.74) is 0. The molecule has 106 valence electrons. The van der Waals surface area contributed by atoms with Crippen molar-refractivity contribution in [3.05, 3.63) is 0 Å². The Labute approximate surface area is 104 Å². The van der Waals surface area contributed by atoms with Gasteiger partial charge in [-0.3, -0.25) is 0 Å². The lowest BCUT2D eigenvalue weighted by molar-refractivity contribution is 0.505. The highest BCUT2D eigenvalue weighted by Crippen LogP contribution is 1.47. The molecule has 5 heteroatoms. The molecule has 0 bridgehead atoms. The Kier molecular flexibility index (Phi) is 849. The van der Waals surface area contributed by atoms with E-state index in [1.54, 1.807) is 0 Å². The van der Waals surface area contributed by atoms with E-state index in [2.05, 4.69) is 0 Å². The number of nitrogens with one attached hydrogen (secondary N) is 2. The van der Waals surface area contributed by atoms with E-state index in [0.717, 1.165) is 12.2 Å². The van der Waals surface area contributed by atoms with Gasteiger partial charge in [-0.1, -0.05) is 44.6 Å². The Balaban J connectivity index is -0.00000000558. The molecule has 0 amide bonds. The molecule has 0 spiro atoms. The fourth-order valence-electron chi connectivity index (χ4n) is 0. The third-order valence-corrected chi connectivity index (χ3v) is 0. The summed E-state index contributed by atoms with van der Waals surface area (Å²) in [7, 11) is 6.00. The minimum absolute atomic E-state index is 0. The molecule has 16 heavy (non-hydrogen) atoms. The largest absolute Gasteiger partial charge is 0.312 e. The first-order valence-corrected chi connectivity index (χ1v) is 2.25. The lowest BCUT2D eigenvalue weighted by Gasteiger charge is -1.90. The van der Waals surface area contributed by atoms with Crippen molar-refractivity contribution in [1.82, 2.24) is 4.90 Å². The minimum Gasteiger partial charge on any atom is -0.312 e. The van der Waals surface area contributed by atoms with Crippen LogP contribution in [0, 0.1) is 10.8 Å². The van der Waals surface area contributed by atoms with Crippen LogP contribution in [-0.4, -0.2) is 38.2 Å². The molecule has 0 rings (SSSR count). The van der Waals surface area contributed by atoms with Crippen molar-refractivity contribution >= 4 is 12.2 Å². The van der Waals surface area contributed by atoms with Crippen LogP contribution in [0.25, 0.3) is 0 Å². The van der Waals surface area contributed by atoms with Crippen molar-refractivity contribution in [3.8, 4) is 0 Å². The monoisotopic (exact) mass is 241 g/mol. The SMILES string of the molecule is C.C.C.C.C.C.CN(C)C.N=C=O.N=C=O. The smallest absolute Gasteiger partial charge is 0.231 e. The van der Waals surface area contributed by atoms with Crippen molar-refractivity contribution in [2.24, 2.45) is 0 Å². The molecule has 0 radical (unpaired) electrons. The summed E-state index contributed by atoms with van der Waals surface area (Å²) in [5.74, 6) is 0. The van der Waals surface area contributed by atoms with Gasteiger partial charge in [-0.2, -0.15) is 0 Å². The highest BCUT2D eigenvalue weighted by molar-refractivity contribution is 5.26. The van der Waals surface area contributed by atoms with Crippen LogP contribution in [0.5, 0.6) is 0 Å². The average Bonchev–Trinajstić information content (AvgIpc) is 1.65. The molecule has 0 atom stereocenters. The second-order valence-corrected chi connectivity index (χ2v) is 1.55. The van der Waals surface area contributed by atoms with Crippen LogP contribution in [0.3, 0.4) is 0 Å². The number of carbonyl (C=O) groups excluding carboxylic acids is 2. The second-order valence-electron chi connectivity index (χ2n) is 1.55. The summed E-state index contributed by atoms with van der Waals surface area (Å²) in [6.45, 7) is 0.